The van der Waals surface area contributed by atoms with Gasteiger partial charge in [-0.15, -0.1) is 0 Å². The van der Waals surface area contributed by atoms with Crippen LogP contribution in [0.5, 0.6) is 5.75 Å². The molecule has 1 aliphatic heterocycles. The first kappa shape index (κ1) is 14.8. The van der Waals surface area contributed by atoms with E-state index in [0.717, 1.165) is 0 Å². The highest BCUT2D eigenvalue weighted by Gasteiger charge is 2.19. The molecule has 0 fully saturated rings. The molecule has 0 bridgehead atoms. The van der Waals surface area contributed by atoms with Crippen LogP contribution in [0.25, 0.3) is 0 Å². The number of hydrogen-bond donors (Lipinski definition) is 4. The van der Waals surface area contributed by atoms with Gasteiger partial charge in [-0.25, -0.2) is 13.6 Å². The molecule has 5 N–H and O–H groups in total. The number of rotatable bonds is 5. The lowest BCUT2D eigenvalue weighted by Gasteiger charge is -2.18. The predicted octanol–water partition coefficient (Wildman–Crippen LogP) is 1.12. The van der Waals surface area contributed by atoms with Gasteiger partial charge >= 0.3 is 0 Å². The average Bonchev–Trinajstić information content (AvgIpc) is 2.76. The largest absolute Gasteiger partial charge is 0.494 e. The third-order valence-corrected chi connectivity index (χ3v) is 4.24. The maximum absolute atomic E-state index is 11.4. The van der Waals surface area contributed by atoms with E-state index in [0.29, 0.717) is 18.0 Å². The summed E-state index contributed by atoms with van der Waals surface area (Å²) in [7, 11) is -3.79. The minimum atomic E-state index is -3.79. The van der Waals surface area contributed by atoms with Gasteiger partial charge in [0, 0.05) is 5.41 Å². The lowest BCUT2D eigenvalue weighted by molar-refractivity contribution is 0.340. The maximum Gasteiger partial charge on any atom is 0.238 e. The van der Waals surface area contributed by atoms with E-state index in [1.165, 1.54) is 23.9 Å². The molecule has 0 spiro atoms. The van der Waals surface area contributed by atoms with Crippen LogP contribution in [0.4, 0.5) is 5.69 Å². The van der Waals surface area contributed by atoms with E-state index < -0.39 is 10.0 Å². The molecule has 20 heavy (non-hydrogen) atoms. The molecule has 1 atom stereocenters. The van der Waals surface area contributed by atoms with Gasteiger partial charge < -0.3 is 20.5 Å². The van der Waals surface area contributed by atoms with Crippen LogP contribution in [0, 0.1) is 0 Å². The summed E-state index contributed by atoms with van der Waals surface area (Å²) in [6, 6.07) is 4.33. The molecule has 7 nitrogen and oxygen atoms in total. The Balaban J connectivity index is 2.27. The highest BCUT2D eigenvalue weighted by molar-refractivity contribution is 8.03. The molecule has 9 heteroatoms. The molecule has 0 aliphatic carbocycles. The standard InChI is InChI=1S/C11H15N3O4S2/c1-2-18-9-4-3-7(20(12,16)17)5-8(9)13-11-14-10(15)6-19-11/h3-6,11,13-15H,2H2,1H3,(H2,12,16,17). The smallest absolute Gasteiger partial charge is 0.238 e. The van der Waals surface area contributed by atoms with Crippen LogP contribution in [0.2, 0.25) is 0 Å². The summed E-state index contributed by atoms with van der Waals surface area (Å²) in [6.07, 6.45) is 0. The fourth-order valence-corrected chi connectivity index (χ4v) is 2.88. The van der Waals surface area contributed by atoms with Crippen LogP contribution >= 0.6 is 11.8 Å². The molecule has 1 aliphatic rings. The van der Waals surface area contributed by atoms with Gasteiger partial charge in [-0.05, 0) is 25.1 Å². The number of primary sulfonamides is 1. The molecule has 110 valence electrons. The lowest BCUT2D eigenvalue weighted by atomic mass is 10.3. The van der Waals surface area contributed by atoms with Crippen molar-refractivity contribution in [2.45, 2.75) is 17.3 Å². The minimum Gasteiger partial charge on any atom is -0.494 e. The number of sulfonamides is 1. The molecule has 0 radical (unpaired) electrons. The molecule has 2 rings (SSSR count). The van der Waals surface area contributed by atoms with Gasteiger partial charge in [0.25, 0.3) is 0 Å². The number of thioether (sulfide) groups is 1. The zero-order valence-corrected chi connectivity index (χ0v) is 12.3. The van der Waals surface area contributed by atoms with Gasteiger partial charge in [0.1, 0.15) is 5.75 Å². The van der Waals surface area contributed by atoms with E-state index in [2.05, 4.69) is 10.6 Å². The third kappa shape index (κ3) is 3.50. The van der Waals surface area contributed by atoms with E-state index in [9.17, 15) is 13.5 Å². The van der Waals surface area contributed by atoms with E-state index >= 15 is 0 Å². The zero-order chi connectivity index (χ0) is 14.8. The Morgan fingerprint density at radius 1 is 1.55 bits per heavy atom. The summed E-state index contributed by atoms with van der Waals surface area (Å²) < 4.78 is 28.2. The Bertz CT molecular complexity index is 631. The summed E-state index contributed by atoms with van der Waals surface area (Å²) in [5.41, 5.74) is 0.163. The van der Waals surface area contributed by atoms with Crippen molar-refractivity contribution >= 4 is 27.5 Å². The fourth-order valence-electron chi connectivity index (χ4n) is 1.63. The second kappa shape index (κ2) is 5.81. The molecule has 0 saturated heterocycles. The van der Waals surface area contributed by atoms with Crippen LogP contribution in [0.3, 0.4) is 0 Å². The predicted molar refractivity (Wildman–Crippen MR) is 77.8 cm³/mol. The summed E-state index contributed by atoms with van der Waals surface area (Å²) in [6.45, 7) is 2.27. The van der Waals surface area contributed by atoms with Crippen molar-refractivity contribution in [3.63, 3.8) is 0 Å². The molecular formula is C11H15N3O4S2. The van der Waals surface area contributed by atoms with Gasteiger partial charge in [-0.3, -0.25) is 0 Å². The highest BCUT2D eigenvalue weighted by Crippen LogP contribution is 2.30. The van der Waals surface area contributed by atoms with Gasteiger partial charge in [-0.2, -0.15) is 0 Å². The minimum absolute atomic E-state index is 0.0105. The number of benzene rings is 1. The second-order valence-electron chi connectivity index (χ2n) is 3.94. The van der Waals surface area contributed by atoms with E-state index in [1.54, 1.807) is 11.5 Å². The first-order valence-corrected chi connectivity index (χ1v) is 8.26. The van der Waals surface area contributed by atoms with Crippen LogP contribution in [-0.4, -0.2) is 25.6 Å². The molecular weight excluding hydrogens is 302 g/mol. The Morgan fingerprint density at radius 3 is 2.85 bits per heavy atom. The van der Waals surface area contributed by atoms with Crippen LogP contribution in [0.15, 0.2) is 34.4 Å². The SMILES string of the molecule is CCOc1ccc(S(N)(=O)=O)cc1NC1NC(O)=CS1. The van der Waals surface area contributed by atoms with Crippen LogP contribution in [-0.2, 0) is 10.0 Å². The van der Waals surface area contributed by atoms with E-state index in [4.69, 9.17) is 9.88 Å². The number of hydrogen-bond acceptors (Lipinski definition) is 7. The topological polar surface area (TPSA) is 114 Å². The summed E-state index contributed by atoms with van der Waals surface area (Å²) >= 11 is 1.31. The molecule has 0 amide bonds. The first-order valence-electron chi connectivity index (χ1n) is 5.77. The van der Waals surface area contributed by atoms with Crippen LogP contribution < -0.4 is 20.5 Å². The Labute approximate surface area is 121 Å². The van der Waals surface area contributed by atoms with Crippen molar-refractivity contribution < 1.29 is 18.3 Å². The summed E-state index contributed by atoms with van der Waals surface area (Å²) in [5, 5.41) is 21.7. The van der Waals surface area contributed by atoms with Crippen molar-refractivity contribution in [3.05, 3.63) is 29.5 Å². The molecule has 0 saturated carbocycles. The molecule has 0 aromatic heterocycles. The lowest BCUT2D eigenvalue weighted by Crippen LogP contribution is -2.28. The second-order valence-corrected chi connectivity index (χ2v) is 6.48. The maximum atomic E-state index is 11.4. The first-order chi connectivity index (χ1) is 9.40. The number of nitrogens with two attached hydrogens (primary N) is 1. The summed E-state index contributed by atoms with van der Waals surface area (Å²) in [5.74, 6) is 0.557. The molecule has 1 aromatic carbocycles. The molecule has 1 heterocycles. The number of aliphatic hydroxyl groups is 1. The van der Waals surface area contributed by atoms with Crippen molar-refractivity contribution in [2.24, 2.45) is 5.14 Å². The Morgan fingerprint density at radius 2 is 2.30 bits per heavy atom. The average molecular weight is 317 g/mol. The fraction of sp³-hybridized carbons (Fsp3) is 0.273. The monoisotopic (exact) mass is 317 g/mol. The number of anilines is 1. The third-order valence-electron chi connectivity index (χ3n) is 2.46. The normalized spacial score (nSPS) is 18.3. The van der Waals surface area contributed by atoms with Gasteiger partial charge in [0.15, 0.2) is 11.4 Å². The number of aliphatic hydroxyl groups excluding tert-OH is 1. The van der Waals surface area contributed by atoms with Gasteiger partial charge in [0.05, 0.1) is 17.2 Å². The van der Waals surface area contributed by atoms with E-state index in [1.807, 2.05) is 6.92 Å². The van der Waals surface area contributed by atoms with Crippen molar-refractivity contribution in [3.8, 4) is 5.75 Å². The van der Waals surface area contributed by atoms with Crippen molar-refractivity contribution in [1.29, 1.82) is 0 Å². The Kier molecular flexibility index (Phi) is 4.31. The zero-order valence-electron chi connectivity index (χ0n) is 10.7. The van der Waals surface area contributed by atoms with Crippen molar-refractivity contribution in [1.82, 2.24) is 5.32 Å². The van der Waals surface area contributed by atoms with Crippen molar-refractivity contribution in [2.75, 3.05) is 11.9 Å². The van der Waals surface area contributed by atoms with Crippen LogP contribution in [0.1, 0.15) is 6.92 Å². The number of nitrogens with one attached hydrogen (secondary N) is 2. The molecule has 1 aromatic rings. The van der Waals surface area contributed by atoms with Gasteiger partial charge in [0.2, 0.25) is 10.0 Å². The molecule has 1 unspecified atom stereocenters. The van der Waals surface area contributed by atoms with E-state index in [-0.39, 0.29) is 16.3 Å². The summed E-state index contributed by atoms with van der Waals surface area (Å²) in [4.78, 5) is -0.0105. The Hall–Kier alpha value is -1.58. The highest BCUT2D eigenvalue weighted by atomic mass is 32.2. The number of ether oxygens (including phenoxy) is 1. The quantitative estimate of drug-likeness (QED) is 0.643. The van der Waals surface area contributed by atoms with Gasteiger partial charge in [-0.1, -0.05) is 11.8 Å².